The summed E-state index contributed by atoms with van der Waals surface area (Å²) < 4.78 is 22.4. The maximum Gasteiger partial charge on any atom is 0.194 e. The smallest absolute Gasteiger partial charge is 0.194 e. The van der Waals surface area contributed by atoms with Crippen LogP contribution in [0.1, 0.15) is 0 Å². The van der Waals surface area contributed by atoms with E-state index in [0.29, 0.717) is 0 Å². The number of nitrogen functional groups attached to an aromatic ring is 1. The van der Waals surface area contributed by atoms with Crippen LogP contribution in [0, 0.1) is 11.3 Å². The number of thiophene rings is 1. The first-order valence-corrected chi connectivity index (χ1v) is 5.54. The molecule has 2 N–H and O–H groups in total. The highest BCUT2D eigenvalue weighted by molar-refractivity contribution is 7.92. The number of hydrogen-bond donors (Lipinski definition) is 1. The summed E-state index contributed by atoms with van der Waals surface area (Å²) >= 11 is 1.15. The van der Waals surface area contributed by atoms with Crippen molar-refractivity contribution >= 4 is 26.2 Å². The SMILES string of the molecule is N#CCS(=O)(=O)c1ccsc1N. The average molecular weight is 202 g/mol. The van der Waals surface area contributed by atoms with E-state index in [1.165, 1.54) is 6.07 Å². The summed E-state index contributed by atoms with van der Waals surface area (Å²) in [6, 6.07) is 2.99. The predicted molar refractivity (Wildman–Crippen MR) is 46.4 cm³/mol. The summed E-state index contributed by atoms with van der Waals surface area (Å²) in [4.78, 5) is 0.0639. The average Bonchev–Trinajstić information content (AvgIpc) is 2.35. The summed E-state index contributed by atoms with van der Waals surface area (Å²) in [6.07, 6.45) is 0. The molecule has 0 aliphatic heterocycles. The lowest BCUT2D eigenvalue weighted by atomic mass is 10.6. The Hall–Kier alpha value is -1.06. The van der Waals surface area contributed by atoms with Crippen LogP contribution in [0.5, 0.6) is 0 Å². The van der Waals surface area contributed by atoms with Crippen LogP contribution >= 0.6 is 11.3 Å². The van der Waals surface area contributed by atoms with Crippen LogP contribution in [0.3, 0.4) is 0 Å². The molecule has 0 fully saturated rings. The summed E-state index contributed by atoms with van der Waals surface area (Å²) in [5, 5.41) is 10.0. The highest BCUT2D eigenvalue weighted by atomic mass is 32.2. The molecule has 64 valence electrons. The molecule has 4 nitrogen and oxygen atoms in total. The van der Waals surface area contributed by atoms with Crippen molar-refractivity contribution in [1.82, 2.24) is 0 Å². The first kappa shape index (κ1) is 9.03. The van der Waals surface area contributed by atoms with Gasteiger partial charge in [0.2, 0.25) is 0 Å². The first-order chi connectivity index (χ1) is 5.58. The molecule has 0 saturated heterocycles. The van der Waals surface area contributed by atoms with Crippen LogP contribution in [0.4, 0.5) is 5.00 Å². The largest absolute Gasteiger partial charge is 0.390 e. The summed E-state index contributed by atoms with van der Waals surface area (Å²) in [7, 11) is -3.47. The van der Waals surface area contributed by atoms with E-state index in [0.717, 1.165) is 11.3 Å². The van der Waals surface area contributed by atoms with Crippen molar-refractivity contribution in [2.45, 2.75) is 4.90 Å². The number of nitrogens with two attached hydrogens (primary N) is 1. The van der Waals surface area contributed by atoms with E-state index in [9.17, 15) is 8.42 Å². The van der Waals surface area contributed by atoms with Crippen molar-refractivity contribution in [3.05, 3.63) is 11.4 Å². The van der Waals surface area contributed by atoms with E-state index in [1.54, 1.807) is 11.4 Å². The molecular weight excluding hydrogens is 196 g/mol. The molecule has 0 aromatic carbocycles. The number of hydrogen-bond acceptors (Lipinski definition) is 5. The molecule has 1 rings (SSSR count). The second-order valence-electron chi connectivity index (χ2n) is 2.07. The lowest BCUT2D eigenvalue weighted by Crippen LogP contribution is -2.05. The summed E-state index contributed by atoms with van der Waals surface area (Å²) in [5.41, 5.74) is 5.39. The topological polar surface area (TPSA) is 84.0 Å². The Morgan fingerprint density at radius 1 is 1.67 bits per heavy atom. The van der Waals surface area contributed by atoms with Gasteiger partial charge in [0.1, 0.15) is 15.6 Å². The van der Waals surface area contributed by atoms with Crippen molar-refractivity contribution in [2.24, 2.45) is 0 Å². The van der Waals surface area contributed by atoms with Crippen molar-refractivity contribution < 1.29 is 8.42 Å². The molecule has 0 spiro atoms. The van der Waals surface area contributed by atoms with Crippen molar-refractivity contribution in [3.63, 3.8) is 0 Å². The Kier molecular flexibility index (Phi) is 2.35. The van der Waals surface area contributed by atoms with Crippen LogP contribution in [-0.4, -0.2) is 14.2 Å². The Morgan fingerprint density at radius 2 is 2.33 bits per heavy atom. The van der Waals surface area contributed by atoms with Crippen LogP contribution in [0.15, 0.2) is 16.3 Å². The van der Waals surface area contributed by atoms with Gasteiger partial charge in [-0.3, -0.25) is 0 Å². The molecule has 1 aromatic rings. The van der Waals surface area contributed by atoms with Gasteiger partial charge in [0, 0.05) is 0 Å². The maximum absolute atomic E-state index is 11.2. The van der Waals surface area contributed by atoms with E-state index in [4.69, 9.17) is 11.0 Å². The summed E-state index contributed by atoms with van der Waals surface area (Å²) in [6.45, 7) is 0. The summed E-state index contributed by atoms with van der Waals surface area (Å²) in [5.74, 6) is -0.520. The molecule has 1 aromatic heterocycles. The predicted octanol–water partition coefficient (Wildman–Crippen LogP) is 0.628. The Bertz CT molecular complexity index is 413. The maximum atomic E-state index is 11.2. The molecule has 6 heteroatoms. The standard InChI is InChI=1S/C6H6N2O2S2/c7-2-4-12(9,10)5-1-3-11-6(5)8/h1,3H,4,8H2. The lowest BCUT2D eigenvalue weighted by Gasteiger charge is -1.95. The molecule has 0 unspecified atom stereocenters. The molecule has 12 heavy (non-hydrogen) atoms. The first-order valence-electron chi connectivity index (χ1n) is 3.00. The van der Waals surface area contributed by atoms with E-state index in [2.05, 4.69) is 0 Å². The molecule has 0 bridgehead atoms. The van der Waals surface area contributed by atoms with Gasteiger partial charge in [-0.15, -0.1) is 11.3 Å². The molecule has 0 aliphatic carbocycles. The number of sulfone groups is 1. The number of nitriles is 1. The Balaban J connectivity index is 3.17. The minimum atomic E-state index is -3.47. The van der Waals surface area contributed by atoms with Gasteiger partial charge in [-0.25, -0.2) is 8.42 Å². The second-order valence-corrected chi connectivity index (χ2v) is 4.97. The minimum absolute atomic E-state index is 0.0639. The number of anilines is 1. The third kappa shape index (κ3) is 1.57. The van der Waals surface area contributed by atoms with Gasteiger partial charge >= 0.3 is 0 Å². The fourth-order valence-corrected chi connectivity index (χ4v) is 2.78. The zero-order valence-corrected chi connectivity index (χ0v) is 7.65. The fourth-order valence-electron chi connectivity index (χ4n) is 0.729. The number of nitrogens with zero attached hydrogens (tertiary/aromatic N) is 1. The van der Waals surface area contributed by atoms with E-state index in [1.807, 2.05) is 0 Å². The highest BCUT2D eigenvalue weighted by Gasteiger charge is 2.17. The second kappa shape index (κ2) is 3.13. The number of rotatable bonds is 2. The van der Waals surface area contributed by atoms with E-state index >= 15 is 0 Å². The normalized spacial score (nSPS) is 10.9. The fraction of sp³-hybridized carbons (Fsp3) is 0.167. The molecule has 1 heterocycles. The van der Waals surface area contributed by atoms with Crippen LogP contribution in [-0.2, 0) is 9.84 Å². The zero-order chi connectivity index (χ0) is 9.19. The quantitative estimate of drug-likeness (QED) is 0.762. The lowest BCUT2D eigenvalue weighted by molar-refractivity contribution is 0.600. The monoisotopic (exact) mass is 202 g/mol. The van der Waals surface area contributed by atoms with Crippen molar-refractivity contribution in [1.29, 1.82) is 5.26 Å². The Morgan fingerprint density at radius 3 is 2.75 bits per heavy atom. The van der Waals surface area contributed by atoms with Gasteiger partial charge in [0.05, 0.1) is 6.07 Å². The molecule has 0 saturated carbocycles. The van der Waals surface area contributed by atoms with Crippen LogP contribution in [0.2, 0.25) is 0 Å². The highest BCUT2D eigenvalue weighted by Crippen LogP contribution is 2.24. The van der Waals surface area contributed by atoms with Gasteiger partial charge in [0.15, 0.2) is 9.84 Å². The molecule has 0 atom stereocenters. The van der Waals surface area contributed by atoms with Crippen LogP contribution < -0.4 is 5.73 Å². The molecule has 0 amide bonds. The third-order valence-corrected chi connectivity index (χ3v) is 3.66. The van der Waals surface area contributed by atoms with Crippen molar-refractivity contribution in [2.75, 3.05) is 11.5 Å². The third-order valence-electron chi connectivity index (χ3n) is 1.25. The molecule has 0 radical (unpaired) electrons. The van der Waals surface area contributed by atoms with Gasteiger partial charge in [-0.2, -0.15) is 5.26 Å². The van der Waals surface area contributed by atoms with Crippen molar-refractivity contribution in [3.8, 4) is 6.07 Å². The zero-order valence-electron chi connectivity index (χ0n) is 6.02. The minimum Gasteiger partial charge on any atom is -0.390 e. The molecular formula is C6H6N2O2S2. The van der Waals surface area contributed by atoms with Gasteiger partial charge in [0.25, 0.3) is 0 Å². The Labute approximate surface area is 74.2 Å². The van der Waals surface area contributed by atoms with Gasteiger partial charge in [-0.05, 0) is 11.4 Å². The van der Waals surface area contributed by atoms with E-state index in [-0.39, 0.29) is 9.90 Å². The van der Waals surface area contributed by atoms with Crippen LogP contribution in [0.25, 0.3) is 0 Å². The van der Waals surface area contributed by atoms with Gasteiger partial charge < -0.3 is 5.73 Å². The molecule has 0 aliphatic rings. The van der Waals surface area contributed by atoms with E-state index < -0.39 is 15.6 Å². The van der Waals surface area contributed by atoms with Gasteiger partial charge in [-0.1, -0.05) is 0 Å².